The van der Waals surface area contributed by atoms with Crippen LogP contribution in [0.25, 0.3) is 0 Å². The van der Waals surface area contributed by atoms with Gasteiger partial charge in [-0.2, -0.15) is 0 Å². The van der Waals surface area contributed by atoms with Gasteiger partial charge < -0.3 is 9.84 Å². The van der Waals surface area contributed by atoms with Gasteiger partial charge in [-0.1, -0.05) is 6.07 Å². The molecule has 1 aromatic carbocycles. The molecule has 0 radical (unpaired) electrons. The van der Waals surface area contributed by atoms with Crippen LogP contribution in [-0.2, 0) is 6.42 Å². The summed E-state index contributed by atoms with van der Waals surface area (Å²) in [4.78, 5) is 12.9. The lowest BCUT2D eigenvalue weighted by atomic mass is 9.70. The molecular formula is C19H22F2O3. The van der Waals surface area contributed by atoms with Crippen LogP contribution in [0.5, 0.6) is 5.75 Å². The molecule has 0 heterocycles. The normalized spacial score (nSPS) is 25.5. The number of benzene rings is 1. The third kappa shape index (κ3) is 2.73. The summed E-state index contributed by atoms with van der Waals surface area (Å²) in [6.07, 6.45) is 3.06. The van der Waals surface area contributed by atoms with Gasteiger partial charge in [0.1, 0.15) is 5.75 Å². The summed E-state index contributed by atoms with van der Waals surface area (Å²) >= 11 is 0. The first-order valence-electron chi connectivity index (χ1n) is 8.73. The van der Waals surface area contributed by atoms with E-state index in [1.54, 1.807) is 6.07 Å². The van der Waals surface area contributed by atoms with Crippen molar-refractivity contribution in [3.05, 3.63) is 29.3 Å². The van der Waals surface area contributed by atoms with Crippen LogP contribution in [0, 0.1) is 11.3 Å². The maximum Gasteiger partial charge on any atom is 0.248 e. The quantitative estimate of drug-likeness (QED) is 0.914. The Bertz CT molecular complexity index is 655. The second-order valence-electron chi connectivity index (χ2n) is 7.78. The number of hydrogen-bond donors (Lipinski definition) is 1. The summed E-state index contributed by atoms with van der Waals surface area (Å²) in [5.41, 5.74) is 1.40. The zero-order chi connectivity index (χ0) is 16.9. The summed E-state index contributed by atoms with van der Waals surface area (Å²) in [5, 5.41) is 9.70. The van der Waals surface area contributed by atoms with E-state index in [-0.39, 0.29) is 42.7 Å². The van der Waals surface area contributed by atoms with Gasteiger partial charge in [-0.15, -0.1) is 0 Å². The third-order valence-electron chi connectivity index (χ3n) is 5.91. The molecule has 3 aliphatic rings. The standard InChI is InChI=1S/C19H22F2O3/c20-19(21)8-12(9-19)11-24-15-2-1-13-10-18(17(23)16(13)7-15)5-3-14(22)4-6-18/h1-2,7,12,14,22H,3-6,8-11H2. The zero-order valence-electron chi connectivity index (χ0n) is 13.6. The minimum atomic E-state index is -2.53. The van der Waals surface area contributed by atoms with Crippen molar-refractivity contribution < 1.29 is 23.4 Å². The second kappa shape index (κ2) is 5.51. The fourth-order valence-electron chi connectivity index (χ4n) is 4.42. The molecule has 0 atom stereocenters. The number of aliphatic hydroxyl groups excluding tert-OH is 1. The maximum absolute atomic E-state index is 12.9. The molecule has 0 bridgehead atoms. The van der Waals surface area contributed by atoms with Gasteiger partial charge >= 0.3 is 0 Å². The van der Waals surface area contributed by atoms with Crippen LogP contribution in [0.1, 0.15) is 54.4 Å². The summed E-state index contributed by atoms with van der Waals surface area (Å²) in [6.45, 7) is 0.278. The number of halogens is 2. The molecule has 4 rings (SSSR count). The Hall–Kier alpha value is -1.49. The number of ketones is 1. The SMILES string of the molecule is O=C1c2cc(OCC3CC(F)(F)C3)ccc2CC12CCC(O)CC2. The lowest BCUT2D eigenvalue weighted by molar-refractivity contribution is -0.119. The molecule has 1 aromatic rings. The lowest BCUT2D eigenvalue weighted by Gasteiger charge is -2.34. The van der Waals surface area contributed by atoms with Crippen molar-refractivity contribution in [3.63, 3.8) is 0 Å². The van der Waals surface area contributed by atoms with Crippen LogP contribution in [0.3, 0.4) is 0 Å². The first-order valence-corrected chi connectivity index (χ1v) is 8.73. The summed E-state index contributed by atoms with van der Waals surface area (Å²) in [6, 6.07) is 5.53. The van der Waals surface area contributed by atoms with Crippen molar-refractivity contribution in [1.82, 2.24) is 0 Å². The average Bonchev–Trinajstić information content (AvgIpc) is 2.79. The molecule has 24 heavy (non-hydrogen) atoms. The molecule has 0 saturated heterocycles. The van der Waals surface area contributed by atoms with Crippen LogP contribution in [-0.4, -0.2) is 29.5 Å². The van der Waals surface area contributed by atoms with Gasteiger partial charge in [-0.3, -0.25) is 4.79 Å². The molecule has 0 aromatic heterocycles. The van der Waals surface area contributed by atoms with E-state index < -0.39 is 5.92 Å². The minimum Gasteiger partial charge on any atom is -0.493 e. The molecule has 1 N–H and O–H groups in total. The Morgan fingerprint density at radius 3 is 2.58 bits per heavy atom. The Morgan fingerprint density at radius 1 is 1.21 bits per heavy atom. The van der Waals surface area contributed by atoms with Gasteiger partial charge in [0, 0.05) is 29.7 Å². The highest BCUT2D eigenvalue weighted by Crippen LogP contribution is 2.48. The number of fused-ring (bicyclic) bond motifs is 1. The molecule has 2 fully saturated rings. The molecular weight excluding hydrogens is 314 g/mol. The Kier molecular flexibility index (Phi) is 3.68. The molecule has 0 aliphatic heterocycles. The highest BCUT2D eigenvalue weighted by molar-refractivity contribution is 6.05. The van der Waals surface area contributed by atoms with E-state index in [9.17, 15) is 18.7 Å². The van der Waals surface area contributed by atoms with Crippen molar-refractivity contribution in [2.75, 3.05) is 6.61 Å². The summed E-state index contributed by atoms with van der Waals surface area (Å²) in [7, 11) is 0. The number of Topliss-reactive ketones (excluding diaryl/α,β-unsaturated/α-hetero) is 1. The molecule has 0 amide bonds. The van der Waals surface area contributed by atoms with Crippen molar-refractivity contribution in [2.45, 2.75) is 57.0 Å². The summed E-state index contributed by atoms with van der Waals surface area (Å²) in [5.74, 6) is -1.88. The van der Waals surface area contributed by atoms with E-state index in [1.165, 1.54) is 0 Å². The number of alkyl halides is 2. The van der Waals surface area contributed by atoms with Gasteiger partial charge in [0.15, 0.2) is 5.78 Å². The Balaban J connectivity index is 1.44. The van der Waals surface area contributed by atoms with Crippen LogP contribution in [0.2, 0.25) is 0 Å². The number of carbonyl (C=O) groups is 1. The molecule has 3 aliphatic carbocycles. The van der Waals surface area contributed by atoms with Crippen LogP contribution >= 0.6 is 0 Å². The van der Waals surface area contributed by atoms with Crippen LogP contribution in [0.4, 0.5) is 8.78 Å². The molecule has 1 spiro atoms. The molecule has 3 nitrogen and oxygen atoms in total. The van der Waals surface area contributed by atoms with Crippen LogP contribution < -0.4 is 4.74 Å². The van der Waals surface area contributed by atoms with Crippen molar-refractivity contribution >= 4 is 5.78 Å². The average molecular weight is 336 g/mol. The lowest BCUT2D eigenvalue weighted by Crippen LogP contribution is -2.38. The number of ether oxygens (including phenoxy) is 1. The fourth-order valence-corrected chi connectivity index (χ4v) is 4.42. The molecule has 130 valence electrons. The maximum atomic E-state index is 12.9. The Labute approximate surface area is 140 Å². The van der Waals surface area contributed by atoms with E-state index >= 15 is 0 Å². The Morgan fingerprint density at radius 2 is 1.92 bits per heavy atom. The topological polar surface area (TPSA) is 46.5 Å². The highest BCUT2D eigenvalue weighted by atomic mass is 19.3. The highest BCUT2D eigenvalue weighted by Gasteiger charge is 2.47. The van der Waals surface area contributed by atoms with Crippen molar-refractivity contribution in [3.8, 4) is 5.75 Å². The predicted molar refractivity (Wildman–Crippen MR) is 84.6 cm³/mol. The third-order valence-corrected chi connectivity index (χ3v) is 5.91. The number of rotatable bonds is 3. The van der Waals surface area contributed by atoms with Gasteiger partial charge in [0.05, 0.1) is 12.7 Å². The first-order chi connectivity index (χ1) is 11.4. The number of hydrogen-bond acceptors (Lipinski definition) is 3. The van der Waals surface area contributed by atoms with Gasteiger partial charge in [-0.25, -0.2) is 8.78 Å². The van der Waals surface area contributed by atoms with E-state index in [2.05, 4.69) is 0 Å². The number of aliphatic hydroxyl groups is 1. The van der Waals surface area contributed by atoms with E-state index in [0.717, 1.165) is 24.8 Å². The smallest absolute Gasteiger partial charge is 0.248 e. The monoisotopic (exact) mass is 336 g/mol. The van der Waals surface area contributed by atoms with Gasteiger partial charge in [0.2, 0.25) is 5.92 Å². The first kappa shape index (κ1) is 16.0. The van der Waals surface area contributed by atoms with E-state index in [0.29, 0.717) is 24.2 Å². The van der Waals surface area contributed by atoms with E-state index in [4.69, 9.17) is 4.74 Å². The van der Waals surface area contributed by atoms with Gasteiger partial charge in [0.25, 0.3) is 0 Å². The molecule has 0 unspecified atom stereocenters. The summed E-state index contributed by atoms with van der Waals surface area (Å²) < 4.78 is 31.4. The predicted octanol–water partition coefficient (Wildman–Crippen LogP) is 3.77. The largest absolute Gasteiger partial charge is 0.493 e. The van der Waals surface area contributed by atoms with Gasteiger partial charge in [-0.05, 0) is 49.8 Å². The van der Waals surface area contributed by atoms with Crippen LogP contribution in [0.15, 0.2) is 18.2 Å². The minimum absolute atomic E-state index is 0.102. The van der Waals surface area contributed by atoms with Crippen molar-refractivity contribution in [2.24, 2.45) is 11.3 Å². The molecule has 5 heteroatoms. The fraction of sp³-hybridized carbons (Fsp3) is 0.632. The van der Waals surface area contributed by atoms with Crippen molar-refractivity contribution in [1.29, 1.82) is 0 Å². The second-order valence-corrected chi connectivity index (χ2v) is 7.78. The van der Waals surface area contributed by atoms with E-state index in [1.807, 2.05) is 12.1 Å². The molecule has 2 saturated carbocycles. The zero-order valence-corrected chi connectivity index (χ0v) is 13.6. The number of carbonyl (C=O) groups excluding carboxylic acids is 1.